The number of nitrogens with zero attached hydrogens (tertiary/aromatic N) is 2. The molecular formula is C16H25N3O. The highest BCUT2D eigenvalue weighted by atomic mass is 16.2. The molecule has 0 spiro atoms. The summed E-state index contributed by atoms with van der Waals surface area (Å²) in [5.74, 6) is 0.117. The normalized spacial score (nSPS) is 16.8. The summed E-state index contributed by atoms with van der Waals surface area (Å²) in [5.41, 5.74) is 9.43. The van der Waals surface area contributed by atoms with Gasteiger partial charge in [0.1, 0.15) is 0 Å². The van der Waals surface area contributed by atoms with Crippen LogP contribution in [0, 0.1) is 13.8 Å². The molecule has 0 aromatic heterocycles. The summed E-state index contributed by atoms with van der Waals surface area (Å²) in [6, 6.07) is 4.41. The van der Waals surface area contributed by atoms with E-state index in [1.165, 1.54) is 0 Å². The van der Waals surface area contributed by atoms with Crippen molar-refractivity contribution in [1.29, 1.82) is 0 Å². The minimum atomic E-state index is 0.117. The Kier molecular flexibility index (Phi) is 4.33. The van der Waals surface area contributed by atoms with Crippen LogP contribution in [0.5, 0.6) is 0 Å². The van der Waals surface area contributed by atoms with Gasteiger partial charge in [-0.05, 0) is 58.0 Å². The molecule has 0 unspecified atom stereocenters. The molecule has 0 saturated carbocycles. The van der Waals surface area contributed by atoms with Gasteiger partial charge in [-0.3, -0.25) is 4.79 Å². The lowest BCUT2D eigenvalue weighted by molar-refractivity contribution is 0.0662. The van der Waals surface area contributed by atoms with Crippen molar-refractivity contribution in [2.24, 2.45) is 0 Å². The first-order chi connectivity index (χ1) is 9.40. The van der Waals surface area contributed by atoms with Crippen LogP contribution in [-0.4, -0.2) is 48.9 Å². The van der Waals surface area contributed by atoms with Gasteiger partial charge in [-0.15, -0.1) is 0 Å². The van der Waals surface area contributed by atoms with Crippen LogP contribution in [0.1, 0.15) is 34.3 Å². The molecular weight excluding hydrogens is 250 g/mol. The van der Waals surface area contributed by atoms with Crippen molar-refractivity contribution < 1.29 is 4.79 Å². The summed E-state index contributed by atoms with van der Waals surface area (Å²) in [4.78, 5) is 16.8. The second-order valence-electron chi connectivity index (χ2n) is 6.01. The number of nitrogens with two attached hydrogens (primary N) is 1. The van der Waals surface area contributed by atoms with Crippen molar-refractivity contribution in [2.75, 3.05) is 32.9 Å². The predicted molar refractivity (Wildman–Crippen MR) is 82.9 cm³/mol. The van der Waals surface area contributed by atoms with Crippen LogP contribution >= 0.6 is 0 Å². The molecule has 4 heteroatoms. The van der Waals surface area contributed by atoms with E-state index < -0.39 is 0 Å². The minimum absolute atomic E-state index is 0.117. The Morgan fingerprint density at radius 1 is 1.20 bits per heavy atom. The van der Waals surface area contributed by atoms with Crippen molar-refractivity contribution in [3.05, 3.63) is 28.8 Å². The number of carbonyl (C=O) groups is 1. The number of aryl methyl sites for hydroxylation is 2. The second-order valence-corrected chi connectivity index (χ2v) is 6.01. The topological polar surface area (TPSA) is 49.6 Å². The van der Waals surface area contributed by atoms with Gasteiger partial charge >= 0.3 is 0 Å². The number of piperidine rings is 1. The number of nitrogen functional groups attached to an aromatic ring is 1. The third-order valence-electron chi connectivity index (χ3n) is 4.33. The molecule has 4 nitrogen and oxygen atoms in total. The number of carbonyl (C=O) groups excluding carboxylic acids is 1. The van der Waals surface area contributed by atoms with E-state index >= 15 is 0 Å². The zero-order valence-corrected chi connectivity index (χ0v) is 12.9. The van der Waals surface area contributed by atoms with Gasteiger partial charge < -0.3 is 15.5 Å². The number of hydrogen-bond donors (Lipinski definition) is 1. The van der Waals surface area contributed by atoms with Crippen molar-refractivity contribution in [2.45, 2.75) is 32.7 Å². The Labute approximate surface area is 121 Å². The molecule has 0 bridgehead atoms. The Balaban J connectivity index is 2.11. The van der Waals surface area contributed by atoms with Crippen LogP contribution in [0.15, 0.2) is 12.1 Å². The largest absolute Gasteiger partial charge is 0.398 e. The Bertz CT molecular complexity index is 503. The van der Waals surface area contributed by atoms with E-state index in [4.69, 9.17) is 5.73 Å². The quantitative estimate of drug-likeness (QED) is 0.840. The Morgan fingerprint density at radius 3 is 2.35 bits per heavy atom. The fourth-order valence-electron chi connectivity index (χ4n) is 2.86. The van der Waals surface area contributed by atoms with Crippen LogP contribution < -0.4 is 5.73 Å². The first-order valence-electron chi connectivity index (χ1n) is 7.22. The number of hydrogen-bond acceptors (Lipinski definition) is 3. The number of amides is 1. The van der Waals surface area contributed by atoms with Gasteiger partial charge in [0, 0.05) is 30.4 Å². The molecule has 1 aliphatic rings. The predicted octanol–water partition coefficient (Wildman–Crippen LogP) is 2.05. The van der Waals surface area contributed by atoms with E-state index in [9.17, 15) is 4.79 Å². The van der Waals surface area contributed by atoms with Gasteiger partial charge in [-0.2, -0.15) is 0 Å². The van der Waals surface area contributed by atoms with E-state index in [0.717, 1.165) is 42.6 Å². The molecule has 1 aromatic carbocycles. The molecule has 1 heterocycles. The maximum absolute atomic E-state index is 12.6. The monoisotopic (exact) mass is 275 g/mol. The van der Waals surface area contributed by atoms with E-state index in [1.54, 1.807) is 0 Å². The third-order valence-corrected chi connectivity index (χ3v) is 4.33. The van der Waals surface area contributed by atoms with E-state index in [2.05, 4.69) is 19.0 Å². The van der Waals surface area contributed by atoms with Gasteiger partial charge in [0.05, 0.1) is 0 Å². The second kappa shape index (κ2) is 5.83. The van der Waals surface area contributed by atoms with Crippen molar-refractivity contribution >= 4 is 11.6 Å². The first kappa shape index (κ1) is 14.9. The standard InChI is InChI=1S/C16H25N3O/c1-11-9-12(2)15(17)10-14(11)16(20)19-7-5-13(6-8-19)18(3)4/h9-10,13H,5-8,17H2,1-4H3. The number of benzene rings is 1. The molecule has 1 amide bonds. The van der Waals surface area contributed by atoms with Gasteiger partial charge in [0.15, 0.2) is 0 Å². The number of rotatable bonds is 2. The fraction of sp³-hybridized carbons (Fsp3) is 0.562. The molecule has 1 fully saturated rings. The van der Waals surface area contributed by atoms with E-state index in [-0.39, 0.29) is 5.91 Å². The van der Waals surface area contributed by atoms with Gasteiger partial charge in [0.25, 0.3) is 5.91 Å². The Morgan fingerprint density at radius 2 is 1.80 bits per heavy atom. The highest BCUT2D eigenvalue weighted by molar-refractivity contribution is 5.96. The lowest BCUT2D eigenvalue weighted by Crippen LogP contribution is -2.44. The van der Waals surface area contributed by atoms with Crippen LogP contribution in [0.25, 0.3) is 0 Å². The van der Waals surface area contributed by atoms with Crippen LogP contribution in [0.2, 0.25) is 0 Å². The Hall–Kier alpha value is -1.55. The third kappa shape index (κ3) is 2.96. The highest BCUT2D eigenvalue weighted by Gasteiger charge is 2.25. The molecule has 20 heavy (non-hydrogen) atoms. The summed E-state index contributed by atoms with van der Waals surface area (Å²) in [6.45, 7) is 5.61. The lowest BCUT2D eigenvalue weighted by atomic mass is 10.00. The summed E-state index contributed by atoms with van der Waals surface area (Å²) in [6.07, 6.45) is 2.08. The minimum Gasteiger partial charge on any atom is -0.398 e. The summed E-state index contributed by atoms with van der Waals surface area (Å²) >= 11 is 0. The smallest absolute Gasteiger partial charge is 0.254 e. The number of likely N-dealkylation sites (tertiary alicyclic amines) is 1. The first-order valence-corrected chi connectivity index (χ1v) is 7.22. The molecule has 1 aromatic rings. The average molecular weight is 275 g/mol. The van der Waals surface area contributed by atoms with E-state index in [0.29, 0.717) is 11.7 Å². The molecule has 1 aliphatic heterocycles. The maximum Gasteiger partial charge on any atom is 0.254 e. The van der Waals surface area contributed by atoms with Crippen LogP contribution in [-0.2, 0) is 0 Å². The van der Waals surface area contributed by atoms with Gasteiger partial charge in [0.2, 0.25) is 0 Å². The molecule has 110 valence electrons. The van der Waals surface area contributed by atoms with E-state index in [1.807, 2.05) is 30.9 Å². The average Bonchev–Trinajstić information content (AvgIpc) is 2.42. The maximum atomic E-state index is 12.6. The van der Waals surface area contributed by atoms with Gasteiger partial charge in [-0.1, -0.05) is 6.07 Å². The van der Waals surface area contributed by atoms with Crippen LogP contribution in [0.3, 0.4) is 0 Å². The SMILES string of the molecule is Cc1cc(C)c(C(=O)N2CCC(N(C)C)CC2)cc1N. The molecule has 2 N–H and O–H groups in total. The van der Waals surface area contributed by atoms with Gasteiger partial charge in [-0.25, -0.2) is 0 Å². The summed E-state index contributed by atoms with van der Waals surface area (Å²) in [7, 11) is 4.21. The van der Waals surface area contributed by atoms with Crippen molar-refractivity contribution in [3.63, 3.8) is 0 Å². The molecule has 0 radical (unpaired) electrons. The highest BCUT2D eigenvalue weighted by Crippen LogP contribution is 2.22. The zero-order chi connectivity index (χ0) is 14.9. The van der Waals surface area contributed by atoms with Crippen molar-refractivity contribution in [1.82, 2.24) is 9.80 Å². The summed E-state index contributed by atoms with van der Waals surface area (Å²) in [5, 5.41) is 0. The molecule has 0 atom stereocenters. The molecule has 0 aliphatic carbocycles. The van der Waals surface area contributed by atoms with Crippen LogP contribution in [0.4, 0.5) is 5.69 Å². The fourth-order valence-corrected chi connectivity index (χ4v) is 2.86. The van der Waals surface area contributed by atoms with Crippen molar-refractivity contribution in [3.8, 4) is 0 Å². The lowest BCUT2D eigenvalue weighted by Gasteiger charge is -2.35. The molecule has 1 saturated heterocycles. The number of anilines is 1. The summed E-state index contributed by atoms with van der Waals surface area (Å²) < 4.78 is 0. The zero-order valence-electron chi connectivity index (χ0n) is 12.9. The molecule has 2 rings (SSSR count).